The van der Waals surface area contributed by atoms with Crippen LogP contribution in [-0.2, 0) is 25.7 Å². The van der Waals surface area contributed by atoms with Gasteiger partial charge in [-0.15, -0.1) is 0 Å². The van der Waals surface area contributed by atoms with Crippen molar-refractivity contribution in [1.82, 2.24) is 4.90 Å². The molecule has 0 aliphatic carbocycles. The second-order valence-electron chi connectivity index (χ2n) is 7.22. The summed E-state index contributed by atoms with van der Waals surface area (Å²) in [7, 11) is -1.04. The Morgan fingerprint density at radius 2 is 2.00 bits per heavy atom. The second-order valence-corrected chi connectivity index (χ2v) is 8.77. The number of aliphatic hydroxyl groups is 1. The van der Waals surface area contributed by atoms with Crippen molar-refractivity contribution in [2.24, 2.45) is 5.92 Å². The summed E-state index contributed by atoms with van der Waals surface area (Å²) in [6.45, 7) is 2.61. The highest BCUT2D eigenvalue weighted by molar-refractivity contribution is 7.84. The predicted molar refractivity (Wildman–Crippen MR) is 97.8 cm³/mol. The summed E-state index contributed by atoms with van der Waals surface area (Å²) in [4.78, 5) is 15.5. The van der Waals surface area contributed by atoms with Gasteiger partial charge in [0.25, 0.3) is 0 Å². The van der Waals surface area contributed by atoms with E-state index in [1.54, 1.807) is 6.26 Å². The molecule has 2 bridgehead atoms. The number of carbonyl (C=O) groups excluding carboxylic acids is 1. The molecule has 3 heterocycles. The number of esters is 1. The predicted octanol–water partition coefficient (Wildman–Crippen LogP) is 1.32. The molecule has 0 saturated carbocycles. The molecule has 0 radical (unpaired) electrons. The van der Waals surface area contributed by atoms with Crippen LogP contribution in [0, 0.1) is 5.92 Å². The van der Waals surface area contributed by atoms with Crippen molar-refractivity contribution in [3.05, 3.63) is 35.9 Å². The van der Waals surface area contributed by atoms with Crippen LogP contribution in [0.2, 0.25) is 0 Å². The zero-order valence-corrected chi connectivity index (χ0v) is 15.5. The number of rotatable bonds is 7. The first kappa shape index (κ1) is 18.5. The van der Waals surface area contributed by atoms with Gasteiger partial charge in [0.05, 0.1) is 6.61 Å². The highest BCUT2D eigenvalue weighted by Gasteiger charge is 2.45. The average Bonchev–Trinajstić information content (AvgIpc) is 2.64. The summed E-state index contributed by atoms with van der Waals surface area (Å²) in [5.41, 5.74) is -0.409. The molecule has 138 valence electrons. The van der Waals surface area contributed by atoms with Crippen molar-refractivity contribution in [3.63, 3.8) is 0 Å². The van der Waals surface area contributed by atoms with E-state index in [9.17, 15) is 14.1 Å². The number of fused-ring (bicyclic) bond motifs is 3. The van der Waals surface area contributed by atoms with Gasteiger partial charge in [-0.2, -0.15) is 0 Å². The number of benzene rings is 1. The smallest absolute Gasteiger partial charge is 0.319 e. The number of aliphatic hydroxyl groups excluding tert-OH is 1. The summed E-state index contributed by atoms with van der Waals surface area (Å²) in [6, 6.07) is 9.26. The van der Waals surface area contributed by atoms with E-state index < -0.39 is 16.2 Å². The lowest BCUT2D eigenvalue weighted by Gasteiger charge is -2.45. The highest BCUT2D eigenvalue weighted by Crippen LogP contribution is 2.34. The monoisotopic (exact) mass is 365 g/mol. The van der Waals surface area contributed by atoms with Crippen molar-refractivity contribution in [3.8, 4) is 0 Å². The Morgan fingerprint density at radius 1 is 1.32 bits per heavy atom. The highest BCUT2D eigenvalue weighted by atomic mass is 32.2. The summed E-state index contributed by atoms with van der Waals surface area (Å²) in [6.07, 6.45) is 3.96. The molecule has 0 aromatic heterocycles. The van der Waals surface area contributed by atoms with Gasteiger partial charge in [0.2, 0.25) is 0 Å². The van der Waals surface area contributed by atoms with E-state index in [1.807, 2.05) is 30.3 Å². The zero-order chi connectivity index (χ0) is 17.9. The molecule has 6 heteroatoms. The van der Waals surface area contributed by atoms with Crippen LogP contribution in [-0.4, -0.2) is 64.5 Å². The van der Waals surface area contributed by atoms with E-state index in [1.165, 1.54) is 0 Å². The maximum absolute atomic E-state index is 13.2. The Hall–Kier alpha value is -1.24. The number of hydrogen-bond donors (Lipinski definition) is 1. The van der Waals surface area contributed by atoms with Gasteiger partial charge in [0, 0.05) is 29.4 Å². The van der Waals surface area contributed by atoms with Crippen molar-refractivity contribution in [1.29, 1.82) is 0 Å². The van der Waals surface area contributed by atoms with Gasteiger partial charge in [-0.05, 0) is 43.8 Å². The average molecular weight is 365 g/mol. The van der Waals surface area contributed by atoms with Crippen molar-refractivity contribution >= 4 is 16.8 Å². The molecule has 5 nitrogen and oxygen atoms in total. The first-order valence-corrected chi connectivity index (χ1v) is 10.7. The minimum Gasteiger partial charge on any atom is -0.460 e. The molecular formula is C19H27NO4S. The van der Waals surface area contributed by atoms with Crippen LogP contribution < -0.4 is 0 Å². The third-order valence-corrected chi connectivity index (χ3v) is 6.44. The van der Waals surface area contributed by atoms with E-state index in [-0.39, 0.29) is 18.7 Å². The topological polar surface area (TPSA) is 66.8 Å². The quantitative estimate of drug-likeness (QED) is 0.739. The molecule has 1 aromatic carbocycles. The molecule has 2 unspecified atom stereocenters. The normalized spacial score (nSPS) is 29.0. The van der Waals surface area contributed by atoms with Gasteiger partial charge in [0.15, 0.2) is 0 Å². The largest absolute Gasteiger partial charge is 0.460 e. The van der Waals surface area contributed by atoms with E-state index in [2.05, 4.69) is 4.90 Å². The first-order valence-electron chi connectivity index (χ1n) is 8.95. The number of hydrogen-bond acceptors (Lipinski definition) is 5. The Labute approximate surface area is 151 Å². The summed E-state index contributed by atoms with van der Waals surface area (Å²) >= 11 is 0. The Kier molecular flexibility index (Phi) is 5.92. The fraction of sp³-hybridized carbons (Fsp3) is 0.632. The van der Waals surface area contributed by atoms with Crippen LogP contribution in [0.15, 0.2) is 30.3 Å². The third kappa shape index (κ3) is 3.96. The molecule has 3 aliphatic heterocycles. The third-order valence-electron chi connectivity index (χ3n) is 5.66. The van der Waals surface area contributed by atoms with Crippen LogP contribution in [0.5, 0.6) is 0 Å². The molecule has 3 atom stereocenters. The van der Waals surface area contributed by atoms with Gasteiger partial charge in [0.1, 0.15) is 11.5 Å². The van der Waals surface area contributed by atoms with E-state index in [0.717, 1.165) is 38.0 Å². The summed E-state index contributed by atoms with van der Waals surface area (Å²) < 4.78 is 17.6. The lowest BCUT2D eigenvalue weighted by molar-refractivity contribution is -0.167. The maximum atomic E-state index is 13.2. The first-order chi connectivity index (χ1) is 12.0. The zero-order valence-electron chi connectivity index (χ0n) is 14.7. The van der Waals surface area contributed by atoms with Gasteiger partial charge in [-0.3, -0.25) is 13.9 Å². The minimum absolute atomic E-state index is 0.100. The molecule has 0 spiro atoms. The fourth-order valence-electron chi connectivity index (χ4n) is 3.97. The molecule has 1 N–H and O–H groups in total. The standard InChI is InChI=1S/C19H27NO4S/c1-25(23)12-9-19(14-21,16-5-3-2-4-6-16)18(22)24-17-13-20-10-7-15(17)8-11-20/h2-6,15,17,21H,7-14H2,1H3/t17?,19?,25-/m1/s1. The lowest BCUT2D eigenvalue weighted by Crippen LogP contribution is -2.54. The van der Waals surface area contributed by atoms with Crippen molar-refractivity contribution < 1.29 is 18.8 Å². The molecular weight excluding hydrogens is 338 g/mol. The molecule has 3 fully saturated rings. The molecule has 4 rings (SSSR count). The Bertz CT molecular complexity index is 615. The van der Waals surface area contributed by atoms with Crippen LogP contribution in [0.3, 0.4) is 0 Å². The molecule has 25 heavy (non-hydrogen) atoms. The van der Waals surface area contributed by atoms with Gasteiger partial charge in [-0.1, -0.05) is 30.3 Å². The SMILES string of the molecule is C[S@@](=O)CCC(CO)(C(=O)OC1CN2CCC1CC2)c1ccccc1. The Morgan fingerprint density at radius 3 is 2.52 bits per heavy atom. The van der Waals surface area contributed by atoms with Crippen molar-refractivity contribution in [2.75, 3.05) is 38.2 Å². The molecule has 3 aliphatic rings. The van der Waals surface area contributed by atoms with Gasteiger partial charge < -0.3 is 9.84 Å². The molecule has 1 aromatic rings. The number of nitrogens with zero attached hydrogens (tertiary/aromatic N) is 1. The number of carbonyl (C=O) groups is 1. The summed E-state index contributed by atoms with van der Waals surface area (Å²) in [5.74, 6) is 0.386. The lowest BCUT2D eigenvalue weighted by atomic mass is 9.78. The van der Waals surface area contributed by atoms with Crippen LogP contribution in [0.1, 0.15) is 24.8 Å². The molecule has 3 saturated heterocycles. The summed E-state index contributed by atoms with van der Waals surface area (Å²) in [5, 5.41) is 10.2. The van der Waals surface area contributed by atoms with Gasteiger partial charge in [-0.25, -0.2) is 0 Å². The molecule has 0 amide bonds. The minimum atomic E-state index is -1.14. The maximum Gasteiger partial charge on any atom is 0.319 e. The van der Waals surface area contributed by atoms with Crippen LogP contribution in [0.25, 0.3) is 0 Å². The van der Waals surface area contributed by atoms with E-state index in [4.69, 9.17) is 4.74 Å². The van der Waals surface area contributed by atoms with Crippen molar-refractivity contribution in [2.45, 2.75) is 30.8 Å². The Balaban J connectivity index is 1.82. The number of piperidine rings is 3. The second kappa shape index (κ2) is 7.98. The number of ether oxygens (including phenoxy) is 1. The van der Waals surface area contributed by atoms with E-state index >= 15 is 0 Å². The van der Waals surface area contributed by atoms with E-state index in [0.29, 0.717) is 18.1 Å². The fourth-order valence-corrected chi connectivity index (χ4v) is 4.60. The van der Waals surface area contributed by atoms with Crippen LogP contribution >= 0.6 is 0 Å². The van der Waals surface area contributed by atoms with Crippen LogP contribution in [0.4, 0.5) is 0 Å². The van der Waals surface area contributed by atoms with Gasteiger partial charge >= 0.3 is 5.97 Å².